The molecule has 0 aliphatic heterocycles. The average Bonchev–Trinajstić information content (AvgIpc) is 2.53. The molecule has 1 N–H and O–H groups in total. The monoisotopic (exact) mass is 402 g/mol. The van der Waals surface area contributed by atoms with Crippen LogP contribution in [0.15, 0.2) is 40.9 Å². The van der Waals surface area contributed by atoms with Crippen molar-refractivity contribution in [1.29, 1.82) is 0 Å². The first-order valence-electron chi connectivity index (χ1n) is 8.12. The molecule has 0 heterocycles. The highest BCUT2D eigenvalue weighted by Gasteiger charge is 2.14. The SMILES string of the molecule is Cc1ccc(CC(=O)N(C)CC(=O)Nc2ccc(Br)cc2C)cc1C. The van der Waals surface area contributed by atoms with Crippen molar-refractivity contribution in [1.82, 2.24) is 4.90 Å². The standard InChI is InChI=1S/C20H23BrN2O2/c1-13-5-6-16(9-14(13)2)11-20(25)23(4)12-19(24)22-18-8-7-17(21)10-15(18)3/h5-10H,11-12H2,1-4H3,(H,22,24). The van der Waals surface area contributed by atoms with E-state index in [1.165, 1.54) is 10.5 Å². The quantitative estimate of drug-likeness (QED) is 0.820. The lowest BCUT2D eigenvalue weighted by Gasteiger charge is -2.18. The molecule has 4 nitrogen and oxygen atoms in total. The lowest BCUT2D eigenvalue weighted by molar-refractivity contribution is -0.132. The van der Waals surface area contributed by atoms with Crippen LogP contribution in [0.4, 0.5) is 5.69 Å². The smallest absolute Gasteiger partial charge is 0.243 e. The molecule has 5 heteroatoms. The molecule has 0 saturated heterocycles. The number of anilines is 1. The summed E-state index contributed by atoms with van der Waals surface area (Å²) in [7, 11) is 1.65. The van der Waals surface area contributed by atoms with Crippen LogP contribution in [-0.4, -0.2) is 30.3 Å². The summed E-state index contributed by atoms with van der Waals surface area (Å²) in [6.07, 6.45) is 0.294. The summed E-state index contributed by atoms with van der Waals surface area (Å²) in [6.45, 7) is 6.02. The number of nitrogens with zero attached hydrogens (tertiary/aromatic N) is 1. The number of hydrogen-bond donors (Lipinski definition) is 1. The topological polar surface area (TPSA) is 49.4 Å². The Morgan fingerprint density at radius 2 is 1.72 bits per heavy atom. The second-order valence-electron chi connectivity index (χ2n) is 6.35. The number of hydrogen-bond acceptors (Lipinski definition) is 2. The van der Waals surface area contributed by atoms with Crippen LogP contribution in [0.2, 0.25) is 0 Å². The van der Waals surface area contributed by atoms with E-state index in [-0.39, 0.29) is 18.4 Å². The summed E-state index contributed by atoms with van der Waals surface area (Å²) in [4.78, 5) is 26.0. The molecule has 2 aromatic rings. The first-order valence-corrected chi connectivity index (χ1v) is 8.91. The second-order valence-corrected chi connectivity index (χ2v) is 7.27. The molecule has 0 fully saturated rings. The fourth-order valence-electron chi connectivity index (χ4n) is 2.48. The van der Waals surface area contributed by atoms with Gasteiger partial charge in [0, 0.05) is 17.2 Å². The van der Waals surface area contributed by atoms with Crippen LogP contribution in [0.25, 0.3) is 0 Å². The van der Waals surface area contributed by atoms with Crippen LogP contribution in [-0.2, 0) is 16.0 Å². The van der Waals surface area contributed by atoms with Gasteiger partial charge in [-0.2, -0.15) is 0 Å². The van der Waals surface area contributed by atoms with Gasteiger partial charge in [0.25, 0.3) is 0 Å². The van der Waals surface area contributed by atoms with E-state index in [1.807, 2.05) is 57.2 Å². The van der Waals surface area contributed by atoms with E-state index in [2.05, 4.69) is 21.2 Å². The molecule has 2 amide bonds. The van der Waals surface area contributed by atoms with Gasteiger partial charge in [-0.25, -0.2) is 0 Å². The molecular formula is C20H23BrN2O2. The highest BCUT2D eigenvalue weighted by atomic mass is 79.9. The summed E-state index contributed by atoms with van der Waals surface area (Å²) in [6, 6.07) is 11.6. The molecule has 0 unspecified atom stereocenters. The van der Waals surface area contributed by atoms with Gasteiger partial charge in [0.15, 0.2) is 0 Å². The fourth-order valence-corrected chi connectivity index (χ4v) is 2.96. The Morgan fingerprint density at radius 1 is 1.00 bits per heavy atom. The molecule has 0 aromatic heterocycles. The third-order valence-electron chi connectivity index (χ3n) is 4.20. The third-order valence-corrected chi connectivity index (χ3v) is 4.69. The molecule has 132 valence electrons. The Morgan fingerprint density at radius 3 is 2.36 bits per heavy atom. The van der Waals surface area contributed by atoms with Gasteiger partial charge in [-0.3, -0.25) is 9.59 Å². The van der Waals surface area contributed by atoms with Crippen LogP contribution < -0.4 is 5.32 Å². The van der Waals surface area contributed by atoms with Crippen molar-refractivity contribution >= 4 is 33.4 Å². The Balaban J connectivity index is 1.93. The van der Waals surface area contributed by atoms with E-state index < -0.39 is 0 Å². The molecule has 0 bridgehead atoms. The molecular weight excluding hydrogens is 380 g/mol. The number of likely N-dealkylation sites (N-methyl/N-ethyl adjacent to an activating group) is 1. The number of amides is 2. The zero-order chi connectivity index (χ0) is 18.6. The van der Waals surface area contributed by atoms with Crippen LogP contribution >= 0.6 is 15.9 Å². The molecule has 2 aromatic carbocycles. The van der Waals surface area contributed by atoms with Gasteiger partial charge < -0.3 is 10.2 Å². The zero-order valence-electron chi connectivity index (χ0n) is 15.0. The van der Waals surface area contributed by atoms with Gasteiger partial charge in [0.05, 0.1) is 13.0 Å². The van der Waals surface area contributed by atoms with Crippen molar-refractivity contribution in [3.63, 3.8) is 0 Å². The molecule has 25 heavy (non-hydrogen) atoms. The second kappa shape index (κ2) is 8.30. The number of carbonyl (C=O) groups is 2. The van der Waals surface area contributed by atoms with Crippen LogP contribution in [0.3, 0.4) is 0 Å². The fraction of sp³-hybridized carbons (Fsp3) is 0.300. The van der Waals surface area contributed by atoms with Crippen molar-refractivity contribution in [3.8, 4) is 0 Å². The largest absolute Gasteiger partial charge is 0.336 e. The van der Waals surface area contributed by atoms with Crippen LogP contribution in [0, 0.1) is 20.8 Å². The maximum Gasteiger partial charge on any atom is 0.243 e. The Labute approximate surface area is 157 Å². The van der Waals surface area contributed by atoms with E-state index in [1.54, 1.807) is 7.05 Å². The Hall–Kier alpha value is -2.14. The molecule has 0 aliphatic rings. The number of aryl methyl sites for hydroxylation is 3. The van der Waals surface area contributed by atoms with Crippen molar-refractivity contribution in [2.75, 3.05) is 18.9 Å². The van der Waals surface area contributed by atoms with Gasteiger partial charge in [0.2, 0.25) is 11.8 Å². The summed E-state index contributed by atoms with van der Waals surface area (Å²) in [5.41, 5.74) is 5.05. The zero-order valence-corrected chi connectivity index (χ0v) is 16.6. The minimum Gasteiger partial charge on any atom is -0.336 e. The molecule has 0 atom stereocenters. The van der Waals surface area contributed by atoms with Gasteiger partial charge in [-0.05, 0) is 61.2 Å². The van der Waals surface area contributed by atoms with E-state index in [9.17, 15) is 9.59 Å². The highest BCUT2D eigenvalue weighted by molar-refractivity contribution is 9.10. The number of carbonyl (C=O) groups excluding carboxylic acids is 2. The number of halogens is 1. The summed E-state index contributed by atoms with van der Waals surface area (Å²) >= 11 is 3.40. The first kappa shape index (κ1) is 19.2. The predicted octanol–water partition coefficient (Wildman–Crippen LogP) is 4.01. The van der Waals surface area contributed by atoms with Gasteiger partial charge in [-0.1, -0.05) is 34.1 Å². The van der Waals surface area contributed by atoms with E-state index in [0.717, 1.165) is 26.9 Å². The highest BCUT2D eigenvalue weighted by Crippen LogP contribution is 2.20. The first-order chi connectivity index (χ1) is 11.8. The van der Waals surface area contributed by atoms with E-state index >= 15 is 0 Å². The minimum absolute atomic E-state index is 0.0270. The number of rotatable bonds is 5. The minimum atomic E-state index is -0.207. The van der Waals surface area contributed by atoms with Crippen LogP contribution in [0.5, 0.6) is 0 Å². The maximum absolute atomic E-state index is 12.3. The molecule has 0 saturated carbocycles. The molecule has 2 rings (SSSR count). The molecule has 0 aliphatic carbocycles. The normalized spacial score (nSPS) is 10.4. The lowest BCUT2D eigenvalue weighted by Crippen LogP contribution is -2.35. The van der Waals surface area contributed by atoms with Crippen molar-refractivity contribution in [2.45, 2.75) is 27.2 Å². The summed E-state index contributed by atoms with van der Waals surface area (Å²) < 4.78 is 0.962. The Kier molecular flexibility index (Phi) is 6.37. The van der Waals surface area contributed by atoms with E-state index in [4.69, 9.17) is 0 Å². The van der Waals surface area contributed by atoms with Gasteiger partial charge >= 0.3 is 0 Å². The molecule has 0 radical (unpaired) electrons. The van der Waals surface area contributed by atoms with Crippen molar-refractivity contribution < 1.29 is 9.59 Å². The summed E-state index contributed by atoms with van der Waals surface area (Å²) in [5.74, 6) is -0.285. The van der Waals surface area contributed by atoms with Crippen LogP contribution in [0.1, 0.15) is 22.3 Å². The molecule has 0 spiro atoms. The Bertz CT molecular complexity index is 802. The van der Waals surface area contributed by atoms with Gasteiger partial charge in [-0.15, -0.1) is 0 Å². The third kappa shape index (κ3) is 5.43. The number of benzene rings is 2. The maximum atomic E-state index is 12.3. The van der Waals surface area contributed by atoms with Gasteiger partial charge in [0.1, 0.15) is 0 Å². The van der Waals surface area contributed by atoms with Crippen molar-refractivity contribution in [2.24, 2.45) is 0 Å². The van der Waals surface area contributed by atoms with Crippen molar-refractivity contribution in [3.05, 3.63) is 63.1 Å². The van der Waals surface area contributed by atoms with E-state index in [0.29, 0.717) is 6.42 Å². The average molecular weight is 403 g/mol. The predicted molar refractivity (Wildman–Crippen MR) is 105 cm³/mol. The lowest BCUT2D eigenvalue weighted by atomic mass is 10.0. The summed E-state index contributed by atoms with van der Waals surface area (Å²) in [5, 5.41) is 2.85. The number of nitrogens with one attached hydrogen (secondary N) is 1.